The maximum atomic E-state index is 11.6. The molecule has 29 heavy (non-hydrogen) atoms. The number of hydrogen-bond acceptors (Lipinski definition) is 3. The Morgan fingerprint density at radius 3 is 2.55 bits per heavy atom. The molecular formula is C25H39NO3. The first-order valence-electron chi connectivity index (χ1n) is 11.8. The molecule has 0 aromatic heterocycles. The van der Waals surface area contributed by atoms with Crippen LogP contribution in [-0.4, -0.2) is 24.0 Å². The van der Waals surface area contributed by atoms with E-state index in [1.807, 2.05) is 0 Å². The van der Waals surface area contributed by atoms with Gasteiger partial charge in [0.15, 0.2) is 0 Å². The number of fused-ring (bicyclic) bond motifs is 5. The minimum atomic E-state index is -0.147. The van der Waals surface area contributed by atoms with E-state index in [9.17, 15) is 9.59 Å². The van der Waals surface area contributed by atoms with Crippen molar-refractivity contribution in [3.8, 4) is 0 Å². The van der Waals surface area contributed by atoms with E-state index in [0.29, 0.717) is 11.3 Å². The molecule has 0 saturated heterocycles. The number of amides is 1. The van der Waals surface area contributed by atoms with E-state index in [2.05, 4.69) is 32.2 Å². The minimum absolute atomic E-state index is 0.0756. The van der Waals surface area contributed by atoms with E-state index in [1.54, 1.807) is 12.5 Å². The highest BCUT2D eigenvalue weighted by Gasteiger charge is 2.59. The Balaban J connectivity index is 1.54. The number of carbonyl (C=O) groups is 2. The van der Waals surface area contributed by atoms with Gasteiger partial charge in [-0.15, -0.1) is 0 Å². The van der Waals surface area contributed by atoms with Gasteiger partial charge in [0.25, 0.3) is 0 Å². The van der Waals surface area contributed by atoms with Crippen LogP contribution < -0.4 is 5.32 Å². The molecule has 0 aliphatic heterocycles. The first-order valence-corrected chi connectivity index (χ1v) is 11.8. The predicted molar refractivity (Wildman–Crippen MR) is 114 cm³/mol. The van der Waals surface area contributed by atoms with Gasteiger partial charge in [0.1, 0.15) is 6.10 Å². The summed E-state index contributed by atoms with van der Waals surface area (Å²) in [5.41, 5.74) is 2.18. The molecule has 0 spiro atoms. The molecule has 4 heteroatoms. The van der Waals surface area contributed by atoms with Crippen LogP contribution in [0.25, 0.3) is 0 Å². The zero-order chi connectivity index (χ0) is 21.0. The Labute approximate surface area is 176 Å². The van der Waals surface area contributed by atoms with Gasteiger partial charge in [-0.1, -0.05) is 25.5 Å². The Morgan fingerprint density at radius 2 is 1.86 bits per heavy atom. The fraction of sp³-hybridized carbons (Fsp3) is 0.840. The molecule has 0 bridgehead atoms. The summed E-state index contributed by atoms with van der Waals surface area (Å²) in [6, 6.07) is 0.267. The third-order valence-corrected chi connectivity index (χ3v) is 9.50. The predicted octanol–water partition coefficient (Wildman–Crippen LogP) is 5.02. The molecule has 0 aromatic rings. The van der Waals surface area contributed by atoms with Gasteiger partial charge in [0.2, 0.25) is 5.91 Å². The fourth-order valence-corrected chi connectivity index (χ4v) is 8.25. The van der Waals surface area contributed by atoms with Gasteiger partial charge in [-0.3, -0.25) is 9.59 Å². The number of nitrogens with one attached hydrogen (secondary N) is 1. The molecule has 1 N–H and O–H groups in total. The monoisotopic (exact) mass is 401 g/mol. The first kappa shape index (κ1) is 20.9. The summed E-state index contributed by atoms with van der Waals surface area (Å²) in [5.74, 6) is 2.83. The highest BCUT2D eigenvalue weighted by molar-refractivity contribution is 5.73. The summed E-state index contributed by atoms with van der Waals surface area (Å²) in [6.07, 6.45) is 12.0. The van der Waals surface area contributed by atoms with Crippen molar-refractivity contribution in [3.63, 3.8) is 0 Å². The maximum absolute atomic E-state index is 11.6. The summed E-state index contributed by atoms with van der Waals surface area (Å²) < 4.78 is 5.56. The average Bonchev–Trinajstić information content (AvgIpc) is 2.98. The fourth-order valence-electron chi connectivity index (χ4n) is 8.25. The summed E-state index contributed by atoms with van der Waals surface area (Å²) in [7, 11) is 0. The van der Waals surface area contributed by atoms with Crippen molar-refractivity contribution in [1.29, 1.82) is 0 Å². The van der Waals surface area contributed by atoms with Crippen molar-refractivity contribution in [1.82, 2.24) is 5.32 Å². The van der Waals surface area contributed by atoms with Crippen molar-refractivity contribution in [3.05, 3.63) is 11.6 Å². The standard InChI is InChI=1S/C25H39NO3/c1-15(26-16(2)27)21-8-9-22-20-7-6-18-14-19(29-17(3)28)10-12-24(18,4)23(20)11-13-25(21,22)5/h6,15,19-23H,7-14H2,1-5H3,(H,26,27)/t15-,19+,20+,21-,22+,23+,24+,25-/m1/s1. The van der Waals surface area contributed by atoms with Crippen molar-refractivity contribution >= 4 is 11.9 Å². The van der Waals surface area contributed by atoms with Crippen molar-refractivity contribution in [2.75, 3.05) is 0 Å². The maximum Gasteiger partial charge on any atom is 0.302 e. The molecule has 0 heterocycles. The lowest BCUT2D eigenvalue weighted by Gasteiger charge is -2.58. The highest BCUT2D eigenvalue weighted by atomic mass is 16.5. The van der Waals surface area contributed by atoms with E-state index >= 15 is 0 Å². The van der Waals surface area contributed by atoms with Crippen LogP contribution in [0.5, 0.6) is 0 Å². The number of hydrogen-bond donors (Lipinski definition) is 1. The van der Waals surface area contributed by atoms with Crippen molar-refractivity contribution < 1.29 is 14.3 Å². The summed E-state index contributed by atoms with van der Waals surface area (Å²) in [6.45, 7) is 10.4. The molecule has 3 fully saturated rings. The normalized spacial score (nSPS) is 44.6. The Hall–Kier alpha value is -1.32. The summed E-state index contributed by atoms with van der Waals surface area (Å²) >= 11 is 0. The van der Waals surface area contributed by atoms with Crippen LogP contribution in [0, 0.1) is 34.5 Å². The zero-order valence-electron chi connectivity index (χ0n) is 18.9. The van der Waals surface area contributed by atoms with Crippen LogP contribution in [0.3, 0.4) is 0 Å². The van der Waals surface area contributed by atoms with E-state index in [4.69, 9.17) is 4.74 Å². The van der Waals surface area contributed by atoms with Gasteiger partial charge in [-0.05, 0) is 86.4 Å². The molecular weight excluding hydrogens is 362 g/mol. The molecule has 8 atom stereocenters. The number of rotatable bonds is 3. The largest absolute Gasteiger partial charge is 0.462 e. The van der Waals surface area contributed by atoms with Gasteiger partial charge in [-0.2, -0.15) is 0 Å². The topological polar surface area (TPSA) is 55.4 Å². The van der Waals surface area contributed by atoms with Crippen LogP contribution >= 0.6 is 0 Å². The molecule has 0 unspecified atom stereocenters. The number of ether oxygens (including phenoxy) is 1. The van der Waals surface area contributed by atoms with Crippen molar-refractivity contribution in [2.24, 2.45) is 34.5 Å². The van der Waals surface area contributed by atoms with Gasteiger partial charge in [0.05, 0.1) is 0 Å². The van der Waals surface area contributed by atoms with Gasteiger partial charge in [-0.25, -0.2) is 0 Å². The van der Waals surface area contributed by atoms with Gasteiger partial charge >= 0.3 is 5.97 Å². The van der Waals surface area contributed by atoms with Crippen LogP contribution in [0.4, 0.5) is 0 Å². The average molecular weight is 402 g/mol. The van der Waals surface area contributed by atoms with Crippen LogP contribution in [-0.2, 0) is 14.3 Å². The second kappa shape index (κ2) is 7.42. The van der Waals surface area contributed by atoms with Crippen molar-refractivity contribution in [2.45, 2.75) is 98.1 Å². The number of allylic oxidation sites excluding steroid dienone is 1. The lowest BCUT2D eigenvalue weighted by Crippen LogP contribution is -2.52. The third kappa shape index (κ3) is 3.45. The molecule has 4 rings (SSSR count). The Kier molecular flexibility index (Phi) is 5.36. The number of esters is 1. The minimum Gasteiger partial charge on any atom is -0.462 e. The van der Waals surface area contributed by atoms with Crippen LogP contribution in [0.15, 0.2) is 11.6 Å². The molecule has 0 radical (unpaired) electrons. The lowest BCUT2D eigenvalue weighted by atomic mass is 9.47. The quantitative estimate of drug-likeness (QED) is 0.533. The van der Waals surface area contributed by atoms with E-state index in [-0.39, 0.29) is 29.4 Å². The molecule has 162 valence electrons. The van der Waals surface area contributed by atoms with E-state index in [1.165, 1.54) is 39.0 Å². The summed E-state index contributed by atoms with van der Waals surface area (Å²) in [4.78, 5) is 23.1. The SMILES string of the molecule is CC(=O)N[C@H](C)[C@H]1CC[C@H]2[C@@H]3CC=C4C[C@@H](OC(C)=O)CC[C@]4(C)[C@H]3CC[C@]12C. The Bertz CT molecular complexity index is 715. The second-order valence-electron chi connectivity index (χ2n) is 11.0. The zero-order valence-corrected chi connectivity index (χ0v) is 18.9. The first-order chi connectivity index (χ1) is 13.6. The summed E-state index contributed by atoms with van der Waals surface area (Å²) in [5, 5.41) is 3.20. The lowest BCUT2D eigenvalue weighted by molar-refractivity contribution is -0.148. The van der Waals surface area contributed by atoms with Crippen LogP contribution in [0.2, 0.25) is 0 Å². The van der Waals surface area contributed by atoms with Gasteiger partial charge in [0, 0.05) is 26.3 Å². The Morgan fingerprint density at radius 1 is 1.10 bits per heavy atom. The van der Waals surface area contributed by atoms with Gasteiger partial charge < -0.3 is 10.1 Å². The van der Waals surface area contributed by atoms with Crippen LogP contribution in [0.1, 0.15) is 86.0 Å². The molecule has 4 nitrogen and oxygen atoms in total. The van der Waals surface area contributed by atoms with E-state index < -0.39 is 0 Å². The smallest absolute Gasteiger partial charge is 0.302 e. The third-order valence-electron chi connectivity index (χ3n) is 9.50. The molecule has 3 saturated carbocycles. The second-order valence-corrected chi connectivity index (χ2v) is 11.0. The number of carbonyl (C=O) groups excluding carboxylic acids is 2. The van der Waals surface area contributed by atoms with E-state index in [0.717, 1.165) is 37.0 Å². The molecule has 0 aromatic carbocycles. The highest BCUT2D eigenvalue weighted by Crippen LogP contribution is 2.66. The molecule has 4 aliphatic rings. The molecule has 4 aliphatic carbocycles. The molecule has 1 amide bonds.